The first kappa shape index (κ1) is 13.9. The van der Waals surface area contributed by atoms with Gasteiger partial charge in [-0.1, -0.05) is 43.7 Å². The second kappa shape index (κ2) is 8.02. The standard InChI is InChI=1S/C15H23NO/c1-3-7-15(13(2)17)12-16-11-10-14-8-5-4-6-9-14/h4-6,8-9,15-16H,3,7,10-12H2,1-2H3. The van der Waals surface area contributed by atoms with E-state index in [1.54, 1.807) is 6.92 Å². The number of rotatable bonds is 8. The van der Waals surface area contributed by atoms with Gasteiger partial charge in [0, 0.05) is 12.5 Å². The van der Waals surface area contributed by atoms with Gasteiger partial charge in [-0.05, 0) is 31.9 Å². The monoisotopic (exact) mass is 233 g/mol. The maximum atomic E-state index is 11.4. The molecule has 94 valence electrons. The van der Waals surface area contributed by atoms with Crippen LogP contribution in [0, 0.1) is 5.92 Å². The van der Waals surface area contributed by atoms with E-state index in [1.165, 1.54) is 5.56 Å². The van der Waals surface area contributed by atoms with Gasteiger partial charge in [-0.2, -0.15) is 0 Å². The Morgan fingerprint density at radius 3 is 2.59 bits per heavy atom. The lowest BCUT2D eigenvalue weighted by molar-refractivity contribution is -0.120. The number of carbonyl (C=O) groups excluding carboxylic acids is 1. The van der Waals surface area contributed by atoms with E-state index in [1.807, 2.05) is 6.07 Å². The molecule has 0 amide bonds. The van der Waals surface area contributed by atoms with Crippen LogP contribution in [0.1, 0.15) is 32.3 Å². The number of ketones is 1. The minimum atomic E-state index is 0.191. The molecule has 1 atom stereocenters. The molecule has 0 radical (unpaired) electrons. The van der Waals surface area contributed by atoms with E-state index in [9.17, 15) is 4.79 Å². The van der Waals surface area contributed by atoms with Crippen molar-refractivity contribution in [3.8, 4) is 0 Å². The van der Waals surface area contributed by atoms with Gasteiger partial charge in [0.05, 0.1) is 0 Å². The molecule has 1 aromatic rings. The highest BCUT2D eigenvalue weighted by Crippen LogP contribution is 2.06. The highest BCUT2D eigenvalue weighted by molar-refractivity contribution is 5.78. The summed E-state index contributed by atoms with van der Waals surface area (Å²) < 4.78 is 0. The van der Waals surface area contributed by atoms with E-state index in [2.05, 4.69) is 36.5 Å². The quantitative estimate of drug-likeness (QED) is 0.700. The Balaban J connectivity index is 2.20. The number of nitrogens with one attached hydrogen (secondary N) is 1. The van der Waals surface area contributed by atoms with Crippen LogP contribution in [0.3, 0.4) is 0 Å². The third kappa shape index (κ3) is 5.64. The highest BCUT2D eigenvalue weighted by atomic mass is 16.1. The molecule has 0 aromatic heterocycles. The van der Waals surface area contributed by atoms with Crippen LogP contribution in [0.4, 0.5) is 0 Å². The van der Waals surface area contributed by atoms with Crippen LogP contribution in [0.15, 0.2) is 30.3 Å². The summed E-state index contributed by atoms with van der Waals surface area (Å²) in [6.45, 7) is 5.58. The molecule has 17 heavy (non-hydrogen) atoms. The average Bonchev–Trinajstić information content (AvgIpc) is 2.34. The van der Waals surface area contributed by atoms with Gasteiger partial charge in [0.15, 0.2) is 0 Å². The predicted octanol–water partition coefficient (Wildman–Crippen LogP) is 2.82. The maximum absolute atomic E-state index is 11.4. The number of hydrogen-bond donors (Lipinski definition) is 1. The summed E-state index contributed by atoms with van der Waals surface area (Å²) in [5, 5.41) is 3.38. The van der Waals surface area contributed by atoms with Crippen molar-refractivity contribution in [3.63, 3.8) is 0 Å². The number of carbonyl (C=O) groups is 1. The van der Waals surface area contributed by atoms with Crippen LogP contribution in [-0.2, 0) is 11.2 Å². The summed E-state index contributed by atoms with van der Waals surface area (Å²) in [6.07, 6.45) is 3.09. The molecular weight excluding hydrogens is 210 g/mol. The van der Waals surface area contributed by atoms with Gasteiger partial charge in [-0.3, -0.25) is 4.79 Å². The first-order valence-electron chi connectivity index (χ1n) is 6.49. The van der Waals surface area contributed by atoms with Crippen molar-refractivity contribution in [1.82, 2.24) is 5.32 Å². The van der Waals surface area contributed by atoms with Crippen molar-refractivity contribution < 1.29 is 4.79 Å². The van der Waals surface area contributed by atoms with E-state index < -0.39 is 0 Å². The van der Waals surface area contributed by atoms with Crippen LogP contribution in [0.25, 0.3) is 0 Å². The fourth-order valence-corrected chi connectivity index (χ4v) is 1.95. The van der Waals surface area contributed by atoms with Crippen molar-refractivity contribution in [2.24, 2.45) is 5.92 Å². The van der Waals surface area contributed by atoms with E-state index in [-0.39, 0.29) is 5.92 Å². The molecule has 0 heterocycles. The third-order valence-corrected chi connectivity index (χ3v) is 3.04. The molecule has 0 bridgehead atoms. The van der Waals surface area contributed by atoms with Crippen molar-refractivity contribution >= 4 is 5.78 Å². The SMILES string of the molecule is CCCC(CNCCc1ccccc1)C(C)=O. The van der Waals surface area contributed by atoms with Gasteiger partial charge in [-0.25, -0.2) is 0 Å². The van der Waals surface area contributed by atoms with Crippen LogP contribution < -0.4 is 5.32 Å². The summed E-state index contributed by atoms with van der Waals surface area (Å²) >= 11 is 0. The van der Waals surface area contributed by atoms with Gasteiger partial charge < -0.3 is 5.32 Å². The number of hydrogen-bond acceptors (Lipinski definition) is 2. The van der Waals surface area contributed by atoms with Gasteiger partial charge in [-0.15, -0.1) is 0 Å². The zero-order chi connectivity index (χ0) is 12.5. The predicted molar refractivity (Wildman–Crippen MR) is 72.1 cm³/mol. The fraction of sp³-hybridized carbons (Fsp3) is 0.533. The van der Waals surface area contributed by atoms with Crippen molar-refractivity contribution in [1.29, 1.82) is 0 Å². The van der Waals surface area contributed by atoms with E-state index in [4.69, 9.17) is 0 Å². The summed E-state index contributed by atoms with van der Waals surface area (Å²) in [5.74, 6) is 0.495. The third-order valence-electron chi connectivity index (χ3n) is 3.04. The molecular formula is C15H23NO. The van der Waals surface area contributed by atoms with E-state index in [0.717, 1.165) is 32.4 Å². The van der Waals surface area contributed by atoms with Crippen LogP contribution >= 0.6 is 0 Å². The zero-order valence-electron chi connectivity index (χ0n) is 10.9. The molecule has 0 fully saturated rings. The van der Waals surface area contributed by atoms with Crippen molar-refractivity contribution in [2.75, 3.05) is 13.1 Å². The van der Waals surface area contributed by atoms with Gasteiger partial charge in [0.25, 0.3) is 0 Å². The highest BCUT2D eigenvalue weighted by Gasteiger charge is 2.11. The largest absolute Gasteiger partial charge is 0.316 e. The summed E-state index contributed by atoms with van der Waals surface area (Å²) in [6, 6.07) is 10.4. The first-order chi connectivity index (χ1) is 8.24. The van der Waals surface area contributed by atoms with Crippen LogP contribution in [0.2, 0.25) is 0 Å². The first-order valence-corrected chi connectivity index (χ1v) is 6.49. The molecule has 0 saturated heterocycles. The van der Waals surface area contributed by atoms with E-state index >= 15 is 0 Å². The minimum absolute atomic E-state index is 0.191. The van der Waals surface area contributed by atoms with Crippen LogP contribution in [0.5, 0.6) is 0 Å². The Labute approximate surface area is 104 Å². The Hall–Kier alpha value is -1.15. The van der Waals surface area contributed by atoms with Gasteiger partial charge >= 0.3 is 0 Å². The number of benzene rings is 1. The van der Waals surface area contributed by atoms with Gasteiger partial charge in [0.2, 0.25) is 0 Å². The average molecular weight is 233 g/mol. The lowest BCUT2D eigenvalue weighted by Crippen LogP contribution is -2.28. The Bertz CT molecular complexity index is 321. The Kier molecular flexibility index (Phi) is 6.56. The zero-order valence-corrected chi connectivity index (χ0v) is 10.9. The molecule has 0 spiro atoms. The van der Waals surface area contributed by atoms with Crippen LogP contribution in [-0.4, -0.2) is 18.9 Å². The lowest BCUT2D eigenvalue weighted by atomic mass is 9.99. The minimum Gasteiger partial charge on any atom is -0.316 e. The van der Waals surface area contributed by atoms with Crippen molar-refractivity contribution in [2.45, 2.75) is 33.1 Å². The lowest BCUT2D eigenvalue weighted by Gasteiger charge is -2.13. The smallest absolute Gasteiger partial charge is 0.134 e. The molecule has 1 rings (SSSR count). The molecule has 0 aliphatic carbocycles. The van der Waals surface area contributed by atoms with Gasteiger partial charge in [0.1, 0.15) is 5.78 Å². The molecule has 0 aliphatic heterocycles. The maximum Gasteiger partial charge on any atom is 0.134 e. The topological polar surface area (TPSA) is 29.1 Å². The molecule has 0 aliphatic rings. The van der Waals surface area contributed by atoms with Crippen molar-refractivity contribution in [3.05, 3.63) is 35.9 Å². The summed E-state index contributed by atoms with van der Waals surface area (Å²) in [7, 11) is 0. The second-order valence-electron chi connectivity index (χ2n) is 4.54. The molecule has 0 saturated carbocycles. The fourth-order valence-electron chi connectivity index (χ4n) is 1.95. The Morgan fingerprint density at radius 1 is 1.29 bits per heavy atom. The second-order valence-corrected chi connectivity index (χ2v) is 4.54. The molecule has 2 nitrogen and oxygen atoms in total. The van der Waals surface area contributed by atoms with E-state index in [0.29, 0.717) is 5.78 Å². The molecule has 1 aromatic carbocycles. The summed E-state index contributed by atoms with van der Waals surface area (Å²) in [5.41, 5.74) is 1.34. The normalized spacial score (nSPS) is 12.4. The molecule has 1 N–H and O–H groups in total. The Morgan fingerprint density at radius 2 is 2.00 bits per heavy atom. The molecule has 1 unspecified atom stereocenters. The number of Topliss-reactive ketones (excluding diaryl/α,β-unsaturated/α-hetero) is 1. The summed E-state index contributed by atoms with van der Waals surface area (Å²) in [4.78, 5) is 11.4. The molecule has 2 heteroatoms.